The van der Waals surface area contributed by atoms with Crippen molar-refractivity contribution >= 4 is 23.5 Å². The van der Waals surface area contributed by atoms with Crippen LogP contribution in [0.4, 0.5) is 10.5 Å². The second-order valence-electron chi connectivity index (χ2n) is 9.44. The molecule has 0 saturated carbocycles. The van der Waals surface area contributed by atoms with Gasteiger partial charge < -0.3 is 19.4 Å². The molecule has 0 spiro atoms. The summed E-state index contributed by atoms with van der Waals surface area (Å²) in [5, 5.41) is 0. The number of hydrogen-bond donors (Lipinski definition) is 0. The molecule has 10 nitrogen and oxygen atoms in total. The Labute approximate surface area is 201 Å². The Morgan fingerprint density at radius 1 is 0.912 bits per heavy atom. The first-order chi connectivity index (χ1) is 16.5. The molecule has 3 fully saturated rings. The van der Waals surface area contributed by atoms with Crippen molar-refractivity contribution in [2.75, 3.05) is 91.1 Å². The number of nitrogens with zero attached hydrogens (tertiary/aromatic N) is 7. The van der Waals surface area contributed by atoms with Crippen molar-refractivity contribution in [3.05, 3.63) is 30.3 Å². The van der Waals surface area contributed by atoms with Gasteiger partial charge in [-0.1, -0.05) is 18.2 Å². The summed E-state index contributed by atoms with van der Waals surface area (Å²) in [5.41, 5.74) is 1.26. The average molecular weight is 470 g/mol. The fourth-order valence-corrected chi connectivity index (χ4v) is 5.30. The monoisotopic (exact) mass is 469 g/mol. The lowest BCUT2D eigenvalue weighted by molar-refractivity contribution is -0.136. The Hall–Kier alpha value is -2.69. The lowest BCUT2D eigenvalue weighted by Crippen LogP contribution is -2.64. The zero-order chi connectivity index (χ0) is 23.7. The normalized spacial score (nSPS) is 26.8. The number of amides is 3. The van der Waals surface area contributed by atoms with Crippen LogP contribution in [0.3, 0.4) is 0 Å². The molecule has 1 aromatic rings. The summed E-state index contributed by atoms with van der Waals surface area (Å²) >= 11 is 0. The maximum absolute atomic E-state index is 13.2. The van der Waals surface area contributed by atoms with Gasteiger partial charge in [0, 0.05) is 72.1 Å². The molecule has 10 heteroatoms. The van der Waals surface area contributed by atoms with Gasteiger partial charge in [0.05, 0.1) is 19.8 Å². The lowest BCUT2D eigenvalue weighted by atomic mass is 10.1. The molecule has 0 aliphatic carbocycles. The number of ether oxygens (including phenoxy) is 1. The molecule has 4 heterocycles. The number of benzene rings is 1. The summed E-state index contributed by atoms with van der Waals surface area (Å²) in [6, 6.07) is 9.77. The van der Waals surface area contributed by atoms with Crippen LogP contribution in [0.1, 0.15) is 0 Å². The molecule has 4 aliphatic rings. The number of carbonyl (C=O) groups is 2. The number of morpholine rings is 1. The topological polar surface area (TPSA) is 75.2 Å². The Morgan fingerprint density at radius 2 is 1.62 bits per heavy atom. The first-order valence-corrected chi connectivity index (χ1v) is 12.2. The molecule has 0 aromatic heterocycles. The highest BCUT2D eigenvalue weighted by molar-refractivity contribution is 6.04. The number of hydrogen-bond acceptors (Lipinski definition) is 8. The minimum absolute atomic E-state index is 0.164. The SMILES string of the molecule is CN1C(=O)C2C(N=C(CN3CCN(c4ccccc4)CC3)N2CCN2CCOCC2)N(C)C1=O. The van der Waals surface area contributed by atoms with E-state index < -0.39 is 12.2 Å². The Morgan fingerprint density at radius 3 is 2.32 bits per heavy atom. The van der Waals surface area contributed by atoms with E-state index in [1.165, 1.54) is 10.6 Å². The van der Waals surface area contributed by atoms with Crippen molar-refractivity contribution in [2.45, 2.75) is 12.2 Å². The number of likely N-dealkylation sites (N-methyl/N-ethyl adjacent to an activating group) is 2. The number of rotatable bonds is 6. The van der Waals surface area contributed by atoms with Gasteiger partial charge in [0.1, 0.15) is 5.84 Å². The summed E-state index contributed by atoms with van der Waals surface area (Å²) in [6.07, 6.45) is -0.457. The van der Waals surface area contributed by atoms with Crippen molar-refractivity contribution in [3.8, 4) is 0 Å². The maximum atomic E-state index is 13.2. The van der Waals surface area contributed by atoms with Gasteiger partial charge in [-0.25, -0.2) is 9.79 Å². The molecular weight excluding hydrogens is 434 g/mol. The lowest BCUT2D eigenvalue weighted by Gasteiger charge is -2.41. The van der Waals surface area contributed by atoms with E-state index in [1.807, 2.05) is 6.07 Å². The van der Waals surface area contributed by atoms with E-state index >= 15 is 0 Å². The van der Waals surface area contributed by atoms with Crippen molar-refractivity contribution in [3.63, 3.8) is 0 Å². The number of urea groups is 1. The highest BCUT2D eigenvalue weighted by atomic mass is 16.5. The summed E-state index contributed by atoms with van der Waals surface area (Å²) < 4.78 is 5.48. The van der Waals surface area contributed by atoms with E-state index in [0.717, 1.165) is 64.9 Å². The number of imide groups is 1. The number of para-hydroxylation sites is 1. The van der Waals surface area contributed by atoms with Crippen LogP contribution in [0.15, 0.2) is 35.3 Å². The molecule has 184 valence electrons. The molecule has 0 N–H and O–H groups in total. The van der Waals surface area contributed by atoms with Gasteiger partial charge in [-0.15, -0.1) is 0 Å². The third-order valence-corrected chi connectivity index (χ3v) is 7.42. The molecule has 0 bridgehead atoms. The van der Waals surface area contributed by atoms with Gasteiger partial charge in [0.15, 0.2) is 12.2 Å². The van der Waals surface area contributed by atoms with Crippen molar-refractivity contribution in [2.24, 2.45) is 4.99 Å². The van der Waals surface area contributed by atoms with Crippen molar-refractivity contribution in [1.82, 2.24) is 24.5 Å². The zero-order valence-corrected chi connectivity index (χ0v) is 20.2. The first-order valence-electron chi connectivity index (χ1n) is 12.2. The van der Waals surface area contributed by atoms with Crippen LogP contribution < -0.4 is 4.90 Å². The molecule has 3 saturated heterocycles. The summed E-state index contributed by atoms with van der Waals surface area (Å²) in [5.74, 6) is 0.752. The first kappa shape index (κ1) is 23.1. The fraction of sp³-hybridized carbons (Fsp3) is 0.625. The molecule has 1 aromatic carbocycles. The van der Waals surface area contributed by atoms with Crippen LogP contribution in [0.2, 0.25) is 0 Å². The molecule has 4 aliphatic heterocycles. The Balaban J connectivity index is 1.28. The molecular formula is C24H35N7O3. The van der Waals surface area contributed by atoms with Crippen LogP contribution in [-0.4, -0.2) is 141 Å². The van der Waals surface area contributed by atoms with Crippen molar-refractivity contribution < 1.29 is 14.3 Å². The van der Waals surface area contributed by atoms with Crippen LogP contribution in [-0.2, 0) is 9.53 Å². The third kappa shape index (κ3) is 4.49. The van der Waals surface area contributed by atoms with Gasteiger partial charge in [0.25, 0.3) is 5.91 Å². The van der Waals surface area contributed by atoms with E-state index in [9.17, 15) is 9.59 Å². The van der Waals surface area contributed by atoms with E-state index in [0.29, 0.717) is 13.1 Å². The van der Waals surface area contributed by atoms with Gasteiger partial charge in [-0.3, -0.25) is 19.5 Å². The number of aliphatic imine (C=N–C) groups is 1. The highest BCUT2D eigenvalue weighted by Crippen LogP contribution is 2.28. The van der Waals surface area contributed by atoms with E-state index in [-0.39, 0.29) is 11.9 Å². The smallest absolute Gasteiger partial charge is 0.328 e. The summed E-state index contributed by atoms with van der Waals surface area (Å²) in [6.45, 7) is 9.34. The molecule has 2 atom stereocenters. The van der Waals surface area contributed by atoms with Crippen LogP contribution >= 0.6 is 0 Å². The second-order valence-corrected chi connectivity index (χ2v) is 9.44. The fourth-order valence-electron chi connectivity index (χ4n) is 5.30. The average Bonchev–Trinajstić information content (AvgIpc) is 3.24. The van der Waals surface area contributed by atoms with Crippen LogP contribution in [0.5, 0.6) is 0 Å². The van der Waals surface area contributed by atoms with Gasteiger partial charge >= 0.3 is 6.03 Å². The van der Waals surface area contributed by atoms with E-state index in [4.69, 9.17) is 9.73 Å². The van der Waals surface area contributed by atoms with Gasteiger partial charge in [0.2, 0.25) is 0 Å². The quantitative estimate of drug-likeness (QED) is 0.584. The predicted molar refractivity (Wildman–Crippen MR) is 130 cm³/mol. The number of carbonyl (C=O) groups excluding carboxylic acids is 2. The number of piperazine rings is 1. The Kier molecular flexibility index (Phi) is 6.71. The van der Waals surface area contributed by atoms with Gasteiger partial charge in [-0.2, -0.15) is 0 Å². The van der Waals surface area contributed by atoms with E-state index in [1.54, 1.807) is 19.0 Å². The zero-order valence-electron chi connectivity index (χ0n) is 20.2. The number of anilines is 1. The maximum Gasteiger partial charge on any atom is 0.328 e. The molecule has 34 heavy (non-hydrogen) atoms. The largest absolute Gasteiger partial charge is 0.379 e. The van der Waals surface area contributed by atoms with Crippen LogP contribution in [0, 0.1) is 0 Å². The number of amidine groups is 1. The molecule has 3 amide bonds. The van der Waals surface area contributed by atoms with E-state index in [2.05, 4.69) is 43.9 Å². The molecule has 2 unspecified atom stereocenters. The Bertz CT molecular complexity index is 912. The standard InChI is InChI=1S/C24H35N7O3/c1-26-22-21(23(32)27(2)24(26)33)31(13-10-28-14-16-34-17-15-28)20(25-22)18-29-8-11-30(12-9-29)19-6-4-3-5-7-19/h3-7,21-22H,8-18H2,1-2H3. The molecule has 0 radical (unpaired) electrons. The van der Waals surface area contributed by atoms with Gasteiger partial charge in [-0.05, 0) is 12.1 Å². The van der Waals surface area contributed by atoms with Crippen molar-refractivity contribution in [1.29, 1.82) is 0 Å². The third-order valence-electron chi connectivity index (χ3n) is 7.42. The minimum Gasteiger partial charge on any atom is -0.379 e. The summed E-state index contributed by atoms with van der Waals surface area (Å²) in [7, 11) is 3.31. The predicted octanol–water partition coefficient (Wildman–Crippen LogP) is 0.0734. The number of fused-ring (bicyclic) bond motifs is 1. The minimum atomic E-state index is -0.457. The van der Waals surface area contributed by atoms with Crippen LogP contribution in [0.25, 0.3) is 0 Å². The summed E-state index contributed by atoms with van der Waals surface area (Å²) in [4.78, 5) is 42.9. The molecule has 5 rings (SSSR count). The highest BCUT2D eigenvalue weighted by Gasteiger charge is 2.51. The second kappa shape index (κ2) is 9.89.